The number of aryl methyl sites for hydroxylation is 3. The minimum atomic E-state index is -0.0839. The molecular formula is C20H18N2O2S. The van der Waals surface area contributed by atoms with Crippen LogP contribution in [0.3, 0.4) is 0 Å². The van der Waals surface area contributed by atoms with E-state index >= 15 is 0 Å². The molecule has 1 N–H and O–H groups in total. The van der Waals surface area contributed by atoms with Gasteiger partial charge >= 0.3 is 0 Å². The van der Waals surface area contributed by atoms with Crippen molar-refractivity contribution in [3.63, 3.8) is 0 Å². The summed E-state index contributed by atoms with van der Waals surface area (Å²) in [5, 5.41) is 4.58. The van der Waals surface area contributed by atoms with Crippen LogP contribution in [0.5, 0.6) is 0 Å². The summed E-state index contributed by atoms with van der Waals surface area (Å²) in [6, 6.07) is 10.00. The Morgan fingerprint density at radius 1 is 1.20 bits per heavy atom. The summed E-state index contributed by atoms with van der Waals surface area (Å²) in [5.41, 5.74) is 6.14. The van der Waals surface area contributed by atoms with Gasteiger partial charge in [0.25, 0.3) is 0 Å². The Morgan fingerprint density at radius 2 is 2.00 bits per heavy atom. The summed E-state index contributed by atoms with van der Waals surface area (Å²) < 4.78 is 6.81. The average molecular weight is 350 g/mol. The van der Waals surface area contributed by atoms with Crippen molar-refractivity contribution in [2.75, 3.05) is 5.32 Å². The van der Waals surface area contributed by atoms with Crippen molar-refractivity contribution in [3.8, 4) is 0 Å². The molecule has 2 aromatic heterocycles. The smallest absolute Gasteiger partial charge is 0.230 e. The van der Waals surface area contributed by atoms with E-state index in [-0.39, 0.29) is 12.3 Å². The molecule has 0 spiro atoms. The van der Waals surface area contributed by atoms with E-state index in [1.165, 1.54) is 16.9 Å². The van der Waals surface area contributed by atoms with Gasteiger partial charge in [-0.25, -0.2) is 4.98 Å². The fourth-order valence-corrected chi connectivity index (χ4v) is 4.06. The summed E-state index contributed by atoms with van der Waals surface area (Å²) in [6.45, 7) is 6.18. The largest absolute Gasteiger partial charge is 0.464 e. The zero-order valence-corrected chi connectivity index (χ0v) is 15.2. The molecule has 4 aromatic rings. The van der Waals surface area contributed by atoms with Crippen LogP contribution in [0, 0.1) is 20.8 Å². The lowest BCUT2D eigenvalue weighted by Crippen LogP contribution is -2.14. The van der Waals surface area contributed by atoms with Crippen LogP contribution in [-0.2, 0) is 11.2 Å². The van der Waals surface area contributed by atoms with Gasteiger partial charge in [-0.15, -0.1) is 0 Å². The predicted molar refractivity (Wildman–Crippen MR) is 102 cm³/mol. The zero-order valence-electron chi connectivity index (χ0n) is 14.3. The second-order valence-electron chi connectivity index (χ2n) is 6.31. The number of amides is 1. The van der Waals surface area contributed by atoms with Crippen LogP contribution in [0.15, 0.2) is 41.0 Å². The molecule has 0 radical (unpaired) electrons. The summed E-state index contributed by atoms with van der Waals surface area (Å²) >= 11 is 1.48. The quantitative estimate of drug-likeness (QED) is 0.556. The van der Waals surface area contributed by atoms with Gasteiger partial charge in [0.1, 0.15) is 5.58 Å². The van der Waals surface area contributed by atoms with Crippen LogP contribution in [0.25, 0.3) is 21.2 Å². The van der Waals surface area contributed by atoms with Crippen molar-refractivity contribution in [2.45, 2.75) is 27.2 Å². The third-order valence-corrected chi connectivity index (χ3v) is 5.47. The van der Waals surface area contributed by atoms with Crippen LogP contribution < -0.4 is 5.32 Å². The minimum Gasteiger partial charge on any atom is -0.464 e. The second-order valence-corrected chi connectivity index (χ2v) is 7.34. The van der Waals surface area contributed by atoms with Crippen LogP contribution >= 0.6 is 11.3 Å². The highest BCUT2D eigenvalue weighted by atomic mass is 32.1. The number of nitrogens with one attached hydrogen (secondary N) is 1. The Kier molecular flexibility index (Phi) is 3.81. The standard InChI is InChI=1S/C20H18N2O2S/c1-11-8-12(2)18-14(10-24-19(18)13(11)3)9-17(23)22-20-21-15-6-4-5-7-16(15)25-20/h4-8,10H,9H2,1-3H3,(H,21,22,23). The van der Waals surface area contributed by atoms with E-state index in [9.17, 15) is 4.79 Å². The molecule has 2 heterocycles. The minimum absolute atomic E-state index is 0.0839. The first-order valence-electron chi connectivity index (χ1n) is 8.15. The van der Waals surface area contributed by atoms with E-state index in [1.807, 2.05) is 31.2 Å². The first-order chi connectivity index (χ1) is 12.0. The average Bonchev–Trinajstić information content (AvgIpc) is 3.16. The number of carbonyl (C=O) groups is 1. The highest BCUT2D eigenvalue weighted by molar-refractivity contribution is 7.22. The number of thiazole rings is 1. The van der Waals surface area contributed by atoms with Crippen LogP contribution in [-0.4, -0.2) is 10.9 Å². The number of nitrogens with zero attached hydrogens (tertiary/aromatic N) is 1. The van der Waals surface area contributed by atoms with Gasteiger partial charge in [-0.05, 0) is 49.6 Å². The van der Waals surface area contributed by atoms with E-state index in [4.69, 9.17) is 4.42 Å². The monoisotopic (exact) mass is 350 g/mol. The maximum absolute atomic E-state index is 12.5. The van der Waals surface area contributed by atoms with E-state index in [2.05, 4.69) is 30.2 Å². The van der Waals surface area contributed by atoms with Gasteiger partial charge in [0.05, 0.1) is 22.9 Å². The Bertz CT molecular complexity index is 1070. The van der Waals surface area contributed by atoms with Gasteiger partial charge in [-0.2, -0.15) is 0 Å². The van der Waals surface area contributed by atoms with Gasteiger partial charge in [0, 0.05) is 10.9 Å². The number of furan rings is 1. The number of hydrogen-bond acceptors (Lipinski definition) is 4. The Labute approximate surface area is 149 Å². The van der Waals surface area contributed by atoms with Crippen LogP contribution in [0.4, 0.5) is 5.13 Å². The normalized spacial score (nSPS) is 11.3. The molecule has 2 aromatic carbocycles. The summed E-state index contributed by atoms with van der Waals surface area (Å²) in [5.74, 6) is -0.0839. The highest BCUT2D eigenvalue weighted by Gasteiger charge is 2.16. The lowest BCUT2D eigenvalue weighted by atomic mass is 9.99. The Hall–Kier alpha value is -2.66. The number of benzene rings is 2. The van der Waals surface area contributed by atoms with Crippen LogP contribution in [0.2, 0.25) is 0 Å². The molecule has 4 rings (SSSR count). The molecule has 126 valence electrons. The van der Waals surface area contributed by atoms with Crippen molar-refractivity contribution < 1.29 is 9.21 Å². The SMILES string of the molecule is Cc1cc(C)c2c(CC(=O)Nc3nc4ccccc4s3)coc2c1C. The van der Waals surface area contributed by atoms with Crippen molar-refractivity contribution in [1.82, 2.24) is 4.98 Å². The van der Waals surface area contributed by atoms with Gasteiger partial charge < -0.3 is 9.73 Å². The number of hydrogen-bond donors (Lipinski definition) is 1. The van der Waals surface area contributed by atoms with Crippen molar-refractivity contribution in [2.24, 2.45) is 0 Å². The zero-order chi connectivity index (χ0) is 17.6. The fraction of sp³-hybridized carbons (Fsp3) is 0.200. The van der Waals surface area contributed by atoms with Crippen LogP contribution in [0.1, 0.15) is 22.3 Å². The van der Waals surface area contributed by atoms with Gasteiger partial charge in [0.2, 0.25) is 5.91 Å². The maximum Gasteiger partial charge on any atom is 0.230 e. The van der Waals surface area contributed by atoms with Crippen molar-refractivity contribution in [1.29, 1.82) is 0 Å². The molecule has 0 atom stereocenters. The third-order valence-electron chi connectivity index (χ3n) is 4.52. The van der Waals surface area contributed by atoms with E-state index < -0.39 is 0 Å². The highest BCUT2D eigenvalue weighted by Crippen LogP contribution is 2.31. The molecule has 0 unspecified atom stereocenters. The molecule has 0 aliphatic heterocycles. The number of fused-ring (bicyclic) bond motifs is 2. The van der Waals surface area contributed by atoms with E-state index in [1.54, 1.807) is 6.26 Å². The van der Waals surface area contributed by atoms with E-state index in [0.29, 0.717) is 5.13 Å². The molecule has 0 bridgehead atoms. The number of para-hydroxylation sites is 1. The van der Waals surface area contributed by atoms with Crippen molar-refractivity contribution >= 4 is 43.6 Å². The number of anilines is 1. The first-order valence-corrected chi connectivity index (χ1v) is 8.97. The molecule has 0 saturated heterocycles. The molecule has 0 fully saturated rings. The summed E-state index contributed by atoms with van der Waals surface area (Å²) in [7, 11) is 0. The molecular weight excluding hydrogens is 332 g/mol. The third kappa shape index (κ3) is 2.81. The number of rotatable bonds is 3. The van der Waals surface area contributed by atoms with Gasteiger partial charge in [-0.1, -0.05) is 29.5 Å². The molecule has 0 aliphatic rings. The first kappa shape index (κ1) is 15.8. The summed E-state index contributed by atoms with van der Waals surface area (Å²) in [4.78, 5) is 16.9. The molecule has 4 nitrogen and oxygen atoms in total. The van der Waals surface area contributed by atoms with Gasteiger partial charge in [0.15, 0.2) is 5.13 Å². The number of aromatic nitrogens is 1. The lowest BCUT2D eigenvalue weighted by Gasteiger charge is -2.06. The topological polar surface area (TPSA) is 55.1 Å². The second kappa shape index (κ2) is 6.01. The lowest BCUT2D eigenvalue weighted by molar-refractivity contribution is -0.115. The number of carbonyl (C=O) groups excluding carboxylic acids is 1. The van der Waals surface area contributed by atoms with Crippen molar-refractivity contribution in [3.05, 3.63) is 58.8 Å². The molecule has 0 aliphatic carbocycles. The predicted octanol–water partition coefficient (Wildman–Crippen LogP) is 5.15. The molecule has 1 amide bonds. The van der Waals surface area contributed by atoms with Gasteiger partial charge in [-0.3, -0.25) is 4.79 Å². The Morgan fingerprint density at radius 3 is 2.80 bits per heavy atom. The Balaban J connectivity index is 1.60. The van der Waals surface area contributed by atoms with E-state index in [0.717, 1.165) is 37.9 Å². The maximum atomic E-state index is 12.5. The molecule has 25 heavy (non-hydrogen) atoms. The molecule has 0 saturated carbocycles. The summed E-state index contributed by atoms with van der Waals surface area (Å²) in [6.07, 6.45) is 1.97. The molecule has 5 heteroatoms. The fourth-order valence-electron chi connectivity index (χ4n) is 3.18.